The van der Waals surface area contributed by atoms with E-state index < -0.39 is 0 Å². The third kappa shape index (κ3) is 3.04. The number of hydrogen-bond donors (Lipinski definition) is 2. The highest BCUT2D eigenvalue weighted by Crippen LogP contribution is 2.07. The molecule has 1 aliphatic rings. The Morgan fingerprint density at radius 1 is 1.69 bits per heavy atom. The molecule has 0 spiro atoms. The highest BCUT2D eigenvalue weighted by molar-refractivity contribution is 7.09. The smallest absolute Gasteiger partial charge is 0.234 e. The summed E-state index contributed by atoms with van der Waals surface area (Å²) in [5, 5.41) is 8.15. The summed E-state index contributed by atoms with van der Waals surface area (Å²) in [5.74, 6) is 0.0998. The molecule has 0 aromatic carbocycles. The Labute approximate surface area is 99.6 Å². The average Bonchev–Trinajstić information content (AvgIpc) is 2.63. The molecular weight excluding hydrogens is 222 g/mol. The van der Waals surface area contributed by atoms with Crippen molar-refractivity contribution < 1.29 is 4.79 Å². The molecule has 0 radical (unpaired) electrons. The summed E-state index contributed by atoms with van der Waals surface area (Å²) in [6, 6.07) is 4.55. The molecule has 0 bridgehead atoms. The van der Waals surface area contributed by atoms with E-state index in [0.717, 1.165) is 13.1 Å². The van der Waals surface area contributed by atoms with Gasteiger partial charge >= 0.3 is 0 Å². The van der Waals surface area contributed by atoms with Gasteiger partial charge in [-0.25, -0.2) is 0 Å². The normalized spacial score (nSPS) is 16.1. The van der Waals surface area contributed by atoms with Crippen LogP contribution in [0.3, 0.4) is 0 Å². The van der Waals surface area contributed by atoms with E-state index in [2.05, 4.69) is 15.5 Å². The Hall–Kier alpha value is -0.910. The first-order chi connectivity index (χ1) is 7.75. The van der Waals surface area contributed by atoms with E-state index in [-0.39, 0.29) is 5.91 Å². The SMILES string of the molecule is CN(CC(=O)NCc1cccs1)C1CNC1. The van der Waals surface area contributed by atoms with Crippen molar-refractivity contribution in [3.63, 3.8) is 0 Å². The number of hydrogen-bond acceptors (Lipinski definition) is 4. The van der Waals surface area contributed by atoms with Crippen LogP contribution in [0.5, 0.6) is 0 Å². The fourth-order valence-corrected chi connectivity index (χ4v) is 2.24. The van der Waals surface area contributed by atoms with Gasteiger partial charge in [0.05, 0.1) is 13.1 Å². The zero-order valence-corrected chi connectivity index (χ0v) is 10.2. The monoisotopic (exact) mass is 239 g/mol. The van der Waals surface area contributed by atoms with Crippen LogP contribution in [-0.4, -0.2) is 43.5 Å². The van der Waals surface area contributed by atoms with Gasteiger partial charge in [0.25, 0.3) is 0 Å². The molecule has 0 unspecified atom stereocenters. The largest absolute Gasteiger partial charge is 0.350 e. The number of rotatable bonds is 5. The zero-order chi connectivity index (χ0) is 11.4. The van der Waals surface area contributed by atoms with E-state index in [0.29, 0.717) is 19.1 Å². The van der Waals surface area contributed by atoms with Gasteiger partial charge in [0.15, 0.2) is 0 Å². The highest BCUT2D eigenvalue weighted by Gasteiger charge is 2.22. The fourth-order valence-electron chi connectivity index (χ4n) is 1.60. The predicted molar refractivity (Wildman–Crippen MR) is 65.5 cm³/mol. The van der Waals surface area contributed by atoms with Crippen LogP contribution in [0.1, 0.15) is 4.88 Å². The summed E-state index contributed by atoms with van der Waals surface area (Å²) in [6.45, 7) is 3.12. The third-order valence-corrected chi connectivity index (χ3v) is 3.69. The summed E-state index contributed by atoms with van der Waals surface area (Å²) in [4.78, 5) is 14.9. The maximum atomic E-state index is 11.6. The zero-order valence-electron chi connectivity index (χ0n) is 9.40. The quantitative estimate of drug-likeness (QED) is 0.775. The molecule has 2 N–H and O–H groups in total. The number of carbonyl (C=O) groups excluding carboxylic acids is 1. The molecule has 88 valence electrons. The van der Waals surface area contributed by atoms with E-state index in [1.807, 2.05) is 24.6 Å². The molecule has 1 amide bonds. The van der Waals surface area contributed by atoms with Crippen LogP contribution in [0.2, 0.25) is 0 Å². The van der Waals surface area contributed by atoms with Gasteiger partial charge < -0.3 is 10.6 Å². The summed E-state index contributed by atoms with van der Waals surface area (Å²) in [7, 11) is 2.00. The number of nitrogens with zero attached hydrogens (tertiary/aromatic N) is 1. The van der Waals surface area contributed by atoms with Crippen LogP contribution in [0.25, 0.3) is 0 Å². The minimum absolute atomic E-state index is 0.0998. The van der Waals surface area contributed by atoms with Crippen molar-refractivity contribution in [1.29, 1.82) is 0 Å². The minimum Gasteiger partial charge on any atom is -0.350 e. The predicted octanol–water partition coefficient (Wildman–Crippen LogP) is 0.268. The lowest BCUT2D eigenvalue weighted by molar-refractivity contribution is -0.122. The first-order valence-corrected chi connectivity index (χ1v) is 6.33. The van der Waals surface area contributed by atoms with Gasteiger partial charge in [-0.2, -0.15) is 0 Å². The second-order valence-corrected chi connectivity index (χ2v) is 5.12. The Bertz CT molecular complexity index is 335. The summed E-state index contributed by atoms with van der Waals surface area (Å²) in [5.41, 5.74) is 0. The number of thiophene rings is 1. The maximum absolute atomic E-state index is 11.6. The van der Waals surface area contributed by atoms with Gasteiger partial charge in [-0.05, 0) is 18.5 Å². The third-order valence-electron chi connectivity index (χ3n) is 2.82. The molecule has 1 aromatic heterocycles. The maximum Gasteiger partial charge on any atom is 0.234 e. The molecule has 1 fully saturated rings. The van der Waals surface area contributed by atoms with Crippen LogP contribution in [0.15, 0.2) is 17.5 Å². The summed E-state index contributed by atoms with van der Waals surface area (Å²) in [6.07, 6.45) is 0. The van der Waals surface area contributed by atoms with Crippen LogP contribution < -0.4 is 10.6 Å². The molecular formula is C11H17N3OS. The Kier molecular flexibility index (Phi) is 3.93. The standard InChI is InChI=1S/C11H17N3OS/c1-14(9-5-12-6-9)8-11(15)13-7-10-3-2-4-16-10/h2-4,9,12H,5-8H2,1H3,(H,13,15). The lowest BCUT2D eigenvalue weighted by atomic mass is 10.1. The van der Waals surface area contributed by atoms with Crippen LogP contribution in [-0.2, 0) is 11.3 Å². The van der Waals surface area contributed by atoms with Crippen molar-refractivity contribution in [2.75, 3.05) is 26.7 Å². The number of amides is 1. The van der Waals surface area contributed by atoms with Gasteiger partial charge in [0, 0.05) is 24.0 Å². The van der Waals surface area contributed by atoms with Gasteiger partial charge in [0.1, 0.15) is 0 Å². The molecule has 0 atom stereocenters. The van der Waals surface area contributed by atoms with Crippen molar-refractivity contribution in [3.05, 3.63) is 22.4 Å². The topological polar surface area (TPSA) is 44.4 Å². The van der Waals surface area contributed by atoms with E-state index in [9.17, 15) is 4.79 Å². The van der Waals surface area contributed by atoms with Gasteiger partial charge in [-0.3, -0.25) is 9.69 Å². The van der Waals surface area contributed by atoms with Crippen LogP contribution in [0.4, 0.5) is 0 Å². The summed E-state index contributed by atoms with van der Waals surface area (Å²) >= 11 is 1.67. The molecule has 0 aliphatic carbocycles. The number of carbonyl (C=O) groups is 1. The van der Waals surface area contributed by atoms with Gasteiger partial charge in [-0.15, -0.1) is 11.3 Å². The molecule has 4 nitrogen and oxygen atoms in total. The van der Waals surface area contributed by atoms with Crippen molar-refractivity contribution >= 4 is 17.2 Å². The first-order valence-electron chi connectivity index (χ1n) is 5.46. The lowest BCUT2D eigenvalue weighted by Crippen LogP contribution is -2.57. The second kappa shape index (κ2) is 5.43. The second-order valence-electron chi connectivity index (χ2n) is 4.08. The molecule has 1 aliphatic heterocycles. The van der Waals surface area contributed by atoms with E-state index >= 15 is 0 Å². The Morgan fingerprint density at radius 2 is 2.50 bits per heavy atom. The first kappa shape index (κ1) is 11.6. The molecule has 5 heteroatoms. The molecule has 16 heavy (non-hydrogen) atoms. The van der Waals surface area contributed by atoms with Gasteiger partial charge in [-0.1, -0.05) is 6.07 Å². The van der Waals surface area contributed by atoms with Crippen LogP contribution >= 0.6 is 11.3 Å². The minimum atomic E-state index is 0.0998. The highest BCUT2D eigenvalue weighted by atomic mass is 32.1. The lowest BCUT2D eigenvalue weighted by Gasteiger charge is -2.35. The fraction of sp³-hybridized carbons (Fsp3) is 0.545. The Morgan fingerprint density at radius 3 is 3.06 bits per heavy atom. The average molecular weight is 239 g/mol. The summed E-state index contributed by atoms with van der Waals surface area (Å²) < 4.78 is 0. The molecule has 2 rings (SSSR count). The molecule has 1 aromatic rings. The van der Waals surface area contributed by atoms with Gasteiger partial charge in [0.2, 0.25) is 5.91 Å². The van der Waals surface area contributed by atoms with E-state index in [4.69, 9.17) is 0 Å². The van der Waals surface area contributed by atoms with Crippen LogP contribution in [0, 0.1) is 0 Å². The van der Waals surface area contributed by atoms with Crippen molar-refractivity contribution in [2.24, 2.45) is 0 Å². The van der Waals surface area contributed by atoms with E-state index in [1.54, 1.807) is 11.3 Å². The van der Waals surface area contributed by atoms with Crippen molar-refractivity contribution in [1.82, 2.24) is 15.5 Å². The van der Waals surface area contributed by atoms with Crippen molar-refractivity contribution in [2.45, 2.75) is 12.6 Å². The molecule has 1 saturated heterocycles. The number of likely N-dealkylation sites (N-methyl/N-ethyl adjacent to an activating group) is 1. The molecule has 2 heterocycles. The number of nitrogens with one attached hydrogen (secondary N) is 2. The van der Waals surface area contributed by atoms with Crippen molar-refractivity contribution in [3.8, 4) is 0 Å². The van der Waals surface area contributed by atoms with E-state index in [1.165, 1.54) is 4.88 Å². The Balaban J connectivity index is 1.67. The molecule has 0 saturated carbocycles.